The van der Waals surface area contributed by atoms with Gasteiger partial charge in [-0.3, -0.25) is 19.8 Å². The predicted octanol–water partition coefficient (Wildman–Crippen LogP) is 2.42. The molecule has 2 heterocycles. The first-order valence-electron chi connectivity index (χ1n) is 14.7. The molecule has 2 aliphatic rings. The van der Waals surface area contributed by atoms with E-state index in [-0.39, 0.29) is 48.0 Å². The lowest BCUT2D eigenvalue weighted by atomic mass is 9.87. The highest BCUT2D eigenvalue weighted by molar-refractivity contribution is 6.09. The third kappa shape index (κ3) is 7.87. The topological polar surface area (TPSA) is 213 Å². The summed E-state index contributed by atoms with van der Waals surface area (Å²) in [6.45, 7) is 8.52. The molecule has 1 saturated carbocycles. The molecule has 1 aromatic rings. The van der Waals surface area contributed by atoms with Crippen LogP contribution >= 0.6 is 0 Å². The lowest BCUT2D eigenvalue weighted by Crippen LogP contribution is -2.49. The number of hydrogen-bond acceptors (Lipinski definition) is 10. The molecular formula is C30H44N6O7. The number of nitriles is 1. The number of aromatic amines is 1. The van der Waals surface area contributed by atoms with Gasteiger partial charge in [-0.05, 0) is 42.7 Å². The quantitative estimate of drug-likeness (QED) is 0.143. The van der Waals surface area contributed by atoms with E-state index in [1.807, 2.05) is 13.0 Å². The molecule has 0 bridgehead atoms. The molecule has 6 atom stereocenters. The standard InChI is InChI=1S/C30H44N6O7/c1-6-17(2)27(39)36-26(34-16-32)19-11-12-21(35-19)30(15-31)25(38)23(42-28(40)24(33)29(3,4)5)20(43-30)14-41-22(37)13-18-9-7-8-10-18/h11-12,16-18,20,23-25,35,38H,6-10,13-14,33H2,1-5H3,(H2,32,34,36,39)/t17-,20-,23-,24+,25-,30+/m1/s1. The second-order valence-electron chi connectivity index (χ2n) is 12.4. The normalized spacial score (nSPS) is 25.9. The van der Waals surface area contributed by atoms with Crippen molar-refractivity contribution in [2.24, 2.45) is 28.0 Å². The highest BCUT2D eigenvalue weighted by Gasteiger charge is 2.59. The van der Waals surface area contributed by atoms with E-state index in [1.165, 1.54) is 12.1 Å². The van der Waals surface area contributed by atoms with Crippen LogP contribution in [0.4, 0.5) is 0 Å². The van der Waals surface area contributed by atoms with Crippen LogP contribution in [-0.4, -0.2) is 71.1 Å². The smallest absolute Gasteiger partial charge is 0.323 e. The number of aliphatic hydroxyl groups excluding tert-OH is 1. The molecule has 13 nitrogen and oxygen atoms in total. The number of aliphatic hydroxyl groups is 1. The second kappa shape index (κ2) is 14.2. The summed E-state index contributed by atoms with van der Waals surface area (Å²) in [6.07, 6.45) is 1.33. The molecule has 43 heavy (non-hydrogen) atoms. The second-order valence-corrected chi connectivity index (χ2v) is 12.4. The summed E-state index contributed by atoms with van der Waals surface area (Å²) in [6, 6.07) is 3.92. The lowest BCUT2D eigenvalue weighted by molar-refractivity contribution is -0.163. The van der Waals surface area contributed by atoms with Gasteiger partial charge in [-0.25, -0.2) is 4.99 Å². The fourth-order valence-electron chi connectivity index (χ4n) is 5.11. The predicted molar refractivity (Wildman–Crippen MR) is 157 cm³/mol. The van der Waals surface area contributed by atoms with Gasteiger partial charge in [0.15, 0.2) is 11.9 Å². The minimum absolute atomic E-state index is 0.0312. The Morgan fingerprint density at radius 1 is 1.35 bits per heavy atom. The molecule has 6 N–H and O–H groups in total. The van der Waals surface area contributed by atoms with Crippen molar-refractivity contribution in [3.05, 3.63) is 23.5 Å². The van der Waals surface area contributed by atoms with E-state index in [1.54, 1.807) is 27.7 Å². The number of H-pyrrole nitrogens is 1. The van der Waals surface area contributed by atoms with Gasteiger partial charge in [-0.15, -0.1) is 0 Å². The summed E-state index contributed by atoms with van der Waals surface area (Å²) in [7, 11) is 0. The average Bonchev–Trinajstić information content (AvgIpc) is 3.72. The highest BCUT2D eigenvalue weighted by Crippen LogP contribution is 2.41. The summed E-state index contributed by atoms with van der Waals surface area (Å²) >= 11 is 0. The number of rotatable bonds is 11. The summed E-state index contributed by atoms with van der Waals surface area (Å²) in [4.78, 5) is 45.0. The first-order chi connectivity index (χ1) is 20.3. The van der Waals surface area contributed by atoms with E-state index in [0.717, 1.165) is 32.0 Å². The van der Waals surface area contributed by atoms with Crippen LogP contribution in [0.15, 0.2) is 17.1 Å². The van der Waals surface area contributed by atoms with Gasteiger partial charge in [0.25, 0.3) is 0 Å². The number of nitrogens with two attached hydrogens (primary N) is 1. The number of carbonyl (C=O) groups is 3. The maximum absolute atomic E-state index is 13.0. The molecule has 1 aliphatic heterocycles. The Balaban J connectivity index is 1.90. The van der Waals surface area contributed by atoms with Gasteiger partial charge < -0.3 is 35.4 Å². The van der Waals surface area contributed by atoms with Gasteiger partial charge >= 0.3 is 11.9 Å². The van der Waals surface area contributed by atoms with Crippen molar-refractivity contribution >= 4 is 30.0 Å². The Morgan fingerprint density at radius 3 is 2.60 bits per heavy atom. The Labute approximate surface area is 252 Å². The fraction of sp³-hybridized carbons (Fsp3) is 0.667. The van der Waals surface area contributed by atoms with E-state index in [0.29, 0.717) is 6.42 Å². The largest absolute Gasteiger partial charge is 0.463 e. The van der Waals surface area contributed by atoms with Crippen LogP contribution in [0, 0.1) is 34.0 Å². The van der Waals surface area contributed by atoms with Crippen LogP contribution in [0.2, 0.25) is 0 Å². The number of nitrogens with zero attached hydrogens (tertiary/aromatic N) is 2. The highest BCUT2D eigenvalue weighted by atomic mass is 16.6. The SMILES string of the molecule is CC[C@@H](C)C(=O)N/C(=N/C=N)c1ccc([C@]2(C#N)O[C@H](COC(=O)CC3CCCC3)[C@@H](OC(=O)[C@H](N)C(C)(C)C)[C@H]2O)[nH]1. The van der Waals surface area contributed by atoms with Crippen molar-refractivity contribution in [2.45, 2.75) is 103 Å². The number of ether oxygens (including phenoxy) is 3. The zero-order valence-corrected chi connectivity index (χ0v) is 25.5. The van der Waals surface area contributed by atoms with Gasteiger partial charge in [0.2, 0.25) is 11.5 Å². The molecule has 0 aromatic carbocycles. The number of esters is 2. The van der Waals surface area contributed by atoms with Crippen LogP contribution in [-0.2, 0) is 34.2 Å². The number of amidine groups is 1. The fourth-order valence-corrected chi connectivity index (χ4v) is 5.11. The number of hydrogen-bond donors (Lipinski definition) is 5. The van der Waals surface area contributed by atoms with Gasteiger partial charge in [-0.1, -0.05) is 47.5 Å². The Hall–Kier alpha value is -3.60. The van der Waals surface area contributed by atoms with E-state index in [2.05, 4.69) is 15.3 Å². The molecule has 1 aromatic heterocycles. The first kappa shape index (κ1) is 33.9. The van der Waals surface area contributed by atoms with Crippen molar-refractivity contribution in [3.8, 4) is 6.07 Å². The zero-order valence-electron chi connectivity index (χ0n) is 25.5. The molecule has 0 unspecified atom stereocenters. The minimum atomic E-state index is -2.08. The Bertz CT molecular complexity index is 1240. The molecule has 236 valence electrons. The maximum Gasteiger partial charge on any atom is 0.323 e. The van der Waals surface area contributed by atoms with Crippen molar-refractivity contribution in [1.29, 1.82) is 10.7 Å². The summed E-state index contributed by atoms with van der Waals surface area (Å²) in [5.41, 5.74) is 3.70. The number of aromatic nitrogens is 1. The van der Waals surface area contributed by atoms with Crippen LogP contribution in [0.5, 0.6) is 0 Å². The zero-order chi connectivity index (χ0) is 31.9. The summed E-state index contributed by atoms with van der Waals surface area (Å²) < 4.78 is 17.2. The monoisotopic (exact) mass is 600 g/mol. The van der Waals surface area contributed by atoms with Crippen molar-refractivity contribution in [3.63, 3.8) is 0 Å². The van der Waals surface area contributed by atoms with Crippen LogP contribution in [0.3, 0.4) is 0 Å². The summed E-state index contributed by atoms with van der Waals surface area (Å²) in [5.74, 6) is -1.60. The number of aliphatic imine (C=N–C) groups is 1. The molecule has 0 spiro atoms. The van der Waals surface area contributed by atoms with E-state index >= 15 is 0 Å². The Kier molecular flexibility index (Phi) is 11.2. The molecule has 13 heteroatoms. The average molecular weight is 601 g/mol. The van der Waals surface area contributed by atoms with E-state index in [4.69, 9.17) is 25.4 Å². The van der Waals surface area contributed by atoms with Gasteiger partial charge in [-0.2, -0.15) is 5.26 Å². The van der Waals surface area contributed by atoms with Crippen molar-refractivity contribution in [1.82, 2.24) is 10.3 Å². The number of carbonyl (C=O) groups excluding carboxylic acids is 3. The third-order valence-electron chi connectivity index (χ3n) is 8.21. The molecule has 1 aliphatic carbocycles. The Morgan fingerprint density at radius 2 is 2.02 bits per heavy atom. The van der Waals surface area contributed by atoms with Crippen molar-refractivity contribution in [2.75, 3.05) is 6.61 Å². The van der Waals surface area contributed by atoms with E-state index in [9.17, 15) is 24.8 Å². The molecule has 2 fully saturated rings. The lowest BCUT2D eigenvalue weighted by Gasteiger charge is -2.28. The maximum atomic E-state index is 13.0. The van der Waals surface area contributed by atoms with Gasteiger partial charge in [0.1, 0.15) is 37.3 Å². The first-order valence-corrected chi connectivity index (χ1v) is 14.7. The van der Waals surface area contributed by atoms with E-state index < -0.39 is 47.3 Å². The molecule has 0 radical (unpaired) electrons. The van der Waals surface area contributed by atoms with Gasteiger partial charge in [0, 0.05) is 12.3 Å². The van der Waals surface area contributed by atoms with Gasteiger partial charge in [0.05, 0.1) is 11.4 Å². The third-order valence-corrected chi connectivity index (χ3v) is 8.21. The molecule has 3 rings (SSSR count). The number of nitrogens with one attached hydrogen (secondary N) is 3. The van der Waals surface area contributed by atoms with Crippen LogP contribution in [0.1, 0.15) is 84.5 Å². The van der Waals surface area contributed by atoms with Crippen molar-refractivity contribution < 1.29 is 33.7 Å². The molecular weight excluding hydrogens is 556 g/mol. The van der Waals surface area contributed by atoms with Crippen LogP contribution < -0.4 is 11.1 Å². The molecule has 1 amide bonds. The molecule has 1 saturated heterocycles. The summed E-state index contributed by atoms with van der Waals surface area (Å²) in [5, 5.41) is 31.9. The minimum Gasteiger partial charge on any atom is -0.463 e. The number of amides is 1. The van der Waals surface area contributed by atoms with Crippen LogP contribution in [0.25, 0.3) is 0 Å².